The first-order chi connectivity index (χ1) is 18.8. The first-order valence-corrected chi connectivity index (χ1v) is 16.6. The van der Waals surface area contributed by atoms with Gasteiger partial charge in [0.2, 0.25) is 11.8 Å². The van der Waals surface area contributed by atoms with Gasteiger partial charge in [0.1, 0.15) is 18.0 Å². The van der Waals surface area contributed by atoms with Crippen LogP contribution in [0.1, 0.15) is 6.42 Å². The van der Waals surface area contributed by atoms with E-state index < -0.39 is 8.07 Å². The molecule has 0 unspecified atom stereocenters. The number of ether oxygens (including phenoxy) is 3. The molecule has 1 N–H and O–H groups in total. The second kappa shape index (κ2) is 12.8. The molecule has 0 bridgehead atoms. The number of amides is 1. The number of fused-ring (bicyclic) bond motifs is 1. The second-order valence-corrected chi connectivity index (χ2v) is 16.0. The number of carbonyl (C=O) groups excluding carboxylic acids is 1. The average Bonchev–Trinajstić information content (AvgIpc) is 3.51. The van der Waals surface area contributed by atoms with Crippen molar-refractivity contribution in [3.05, 3.63) is 61.7 Å². The fourth-order valence-corrected chi connectivity index (χ4v) is 4.64. The van der Waals surface area contributed by atoms with Gasteiger partial charge >= 0.3 is 0 Å². The summed E-state index contributed by atoms with van der Waals surface area (Å²) in [7, 11) is 0.501. The van der Waals surface area contributed by atoms with Crippen LogP contribution in [0.3, 0.4) is 0 Å². The van der Waals surface area contributed by atoms with Crippen LogP contribution in [0.2, 0.25) is 25.7 Å². The zero-order valence-corrected chi connectivity index (χ0v) is 24.0. The van der Waals surface area contributed by atoms with E-state index in [4.69, 9.17) is 19.2 Å². The molecule has 0 aliphatic carbocycles. The van der Waals surface area contributed by atoms with Crippen LogP contribution in [0.5, 0.6) is 11.6 Å². The number of aromatic nitrogens is 5. The molecular formula is C28H36N6O4Si. The monoisotopic (exact) mass is 548 g/mol. The predicted molar refractivity (Wildman–Crippen MR) is 155 cm³/mol. The molecule has 10 nitrogen and oxygen atoms in total. The number of methoxy groups -OCH3 is 1. The van der Waals surface area contributed by atoms with E-state index in [2.05, 4.69) is 41.6 Å². The Morgan fingerprint density at radius 1 is 1.18 bits per heavy atom. The van der Waals surface area contributed by atoms with Crippen molar-refractivity contribution in [3.63, 3.8) is 0 Å². The molecule has 0 saturated carbocycles. The van der Waals surface area contributed by atoms with Crippen LogP contribution in [0.15, 0.2) is 61.7 Å². The van der Waals surface area contributed by atoms with E-state index in [9.17, 15) is 4.79 Å². The van der Waals surface area contributed by atoms with E-state index in [1.54, 1.807) is 37.6 Å². The van der Waals surface area contributed by atoms with Gasteiger partial charge in [-0.2, -0.15) is 5.10 Å². The lowest BCUT2D eigenvalue weighted by molar-refractivity contribution is -0.111. The van der Waals surface area contributed by atoms with E-state index in [0.717, 1.165) is 30.1 Å². The van der Waals surface area contributed by atoms with Crippen molar-refractivity contribution in [1.82, 2.24) is 24.3 Å². The quantitative estimate of drug-likeness (QED) is 0.125. The summed E-state index contributed by atoms with van der Waals surface area (Å²) in [6.07, 6.45) is 9.52. The molecular weight excluding hydrogens is 512 g/mol. The number of nitrogens with zero attached hydrogens (tertiary/aromatic N) is 5. The van der Waals surface area contributed by atoms with Gasteiger partial charge in [0.05, 0.1) is 12.4 Å². The van der Waals surface area contributed by atoms with Gasteiger partial charge in [-0.3, -0.25) is 9.48 Å². The molecule has 1 aromatic carbocycles. The molecule has 3 heterocycles. The molecule has 0 aliphatic heterocycles. The number of hydrogen-bond acceptors (Lipinski definition) is 7. The van der Waals surface area contributed by atoms with Crippen molar-refractivity contribution in [1.29, 1.82) is 0 Å². The molecule has 0 radical (unpaired) electrons. The summed E-state index contributed by atoms with van der Waals surface area (Å²) in [5.74, 6) is 0.558. The molecule has 4 rings (SSSR count). The third-order valence-corrected chi connectivity index (χ3v) is 7.66. The first-order valence-electron chi connectivity index (χ1n) is 12.9. The number of carbonyl (C=O) groups is 1. The lowest BCUT2D eigenvalue weighted by Crippen LogP contribution is -2.22. The van der Waals surface area contributed by atoms with Crippen molar-refractivity contribution < 1.29 is 19.0 Å². The van der Waals surface area contributed by atoms with Crippen molar-refractivity contribution in [2.45, 2.75) is 45.4 Å². The van der Waals surface area contributed by atoms with Crippen molar-refractivity contribution >= 4 is 30.8 Å². The molecule has 4 aromatic rings. The molecule has 3 aromatic heterocycles. The Bertz CT molecular complexity index is 1430. The highest BCUT2D eigenvalue weighted by atomic mass is 28.3. The lowest BCUT2D eigenvalue weighted by Gasteiger charge is -2.15. The Labute approximate surface area is 229 Å². The number of aryl methyl sites for hydroxylation is 1. The van der Waals surface area contributed by atoms with Crippen LogP contribution < -0.4 is 10.1 Å². The number of rotatable bonds is 14. The minimum absolute atomic E-state index is 0.297. The molecule has 0 fully saturated rings. The summed E-state index contributed by atoms with van der Waals surface area (Å²) < 4.78 is 21.1. The van der Waals surface area contributed by atoms with Crippen LogP contribution in [0.25, 0.3) is 22.3 Å². The summed E-state index contributed by atoms with van der Waals surface area (Å²) in [5.41, 5.74) is 3.80. The third-order valence-electron chi connectivity index (χ3n) is 5.96. The van der Waals surface area contributed by atoms with Crippen LogP contribution in [0.4, 0.5) is 5.69 Å². The first kappa shape index (κ1) is 28.2. The average molecular weight is 549 g/mol. The van der Waals surface area contributed by atoms with E-state index in [-0.39, 0.29) is 5.91 Å². The van der Waals surface area contributed by atoms with E-state index in [0.29, 0.717) is 48.4 Å². The Kier molecular flexibility index (Phi) is 9.28. The highest BCUT2D eigenvalue weighted by molar-refractivity contribution is 6.76. The molecule has 0 saturated heterocycles. The molecule has 1 amide bonds. The fraction of sp³-hybridized carbons (Fsp3) is 0.357. The van der Waals surface area contributed by atoms with Crippen LogP contribution in [-0.2, 0) is 27.5 Å². The highest BCUT2D eigenvalue weighted by Crippen LogP contribution is 2.31. The van der Waals surface area contributed by atoms with Gasteiger partial charge in [0.25, 0.3) is 0 Å². The molecule has 39 heavy (non-hydrogen) atoms. The van der Waals surface area contributed by atoms with E-state index in [1.165, 1.54) is 6.08 Å². The van der Waals surface area contributed by atoms with Gasteiger partial charge in [0.15, 0.2) is 5.65 Å². The molecule has 206 valence electrons. The SMILES string of the molecule is C=CC(=O)Nc1cccc(Oc2cnc3c(n2)c(-c2cnn(CCCOC)c2)cn3COCC[Si](C)(C)C)c1. The van der Waals surface area contributed by atoms with Gasteiger partial charge in [-0.25, -0.2) is 9.97 Å². The van der Waals surface area contributed by atoms with Gasteiger partial charge in [-0.15, -0.1) is 0 Å². The largest absolute Gasteiger partial charge is 0.437 e. The Morgan fingerprint density at radius 2 is 2.03 bits per heavy atom. The van der Waals surface area contributed by atoms with Crippen LogP contribution in [0, 0.1) is 0 Å². The van der Waals surface area contributed by atoms with Crippen LogP contribution >= 0.6 is 0 Å². The summed E-state index contributed by atoms with van der Waals surface area (Å²) in [4.78, 5) is 21.2. The van der Waals surface area contributed by atoms with E-state index in [1.807, 2.05) is 27.8 Å². The van der Waals surface area contributed by atoms with Gasteiger partial charge in [-0.05, 0) is 30.7 Å². The Morgan fingerprint density at radius 3 is 2.79 bits per heavy atom. The van der Waals surface area contributed by atoms with E-state index >= 15 is 0 Å². The van der Waals surface area contributed by atoms with Gasteiger partial charge in [0, 0.05) is 70.2 Å². The van der Waals surface area contributed by atoms with Crippen molar-refractivity contribution in [2.24, 2.45) is 0 Å². The van der Waals surface area contributed by atoms with Crippen molar-refractivity contribution in [3.8, 4) is 22.8 Å². The molecule has 0 spiro atoms. The maximum atomic E-state index is 11.7. The van der Waals surface area contributed by atoms with Gasteiger partial charge < -0.3 is 24.1 Å². The maximum absolute atomic E-state index is 11.7. The minimum atomic E-state index is -1.19. The molecule has 11 heteroatoms. The zero-order chi connectivity index (χ0) is 27.8. The van der Waals surface area contributed by atoms with Crippen LogP contribution in [-0.4, -0.2) is 58.6 Å². The number of benzene rings is 1. The number of hydrogen-bond donors (Lipinski definition) is 1. The van der Waals surface area contributed by atoms with Crippen molar-refractivity contribution in [2.75, 3.05) is 25.6 Å². The lowest BCUT2D eigenvalue weighted by atomic mass is 10.2. The smallest absolute Gasteiger partial charge is 0.247 e. The minimum Gasteiger partial charge on any atom is -0.437 e. The summed E-state index contributed by atoms with van der Waals surface area (Å²) in [6, 6.07) is 8.16. The fourth-order valence-electron chi connectivity index (χ4n) is 3.88. The van der Waals surface area contributed by atoms with Gasteiger partial charge in [-0.1, -0.05) is 32.3 Å². The topological polar surface area (TPSA) is 105 Å². The third kappa shape index (κ3) is 7.85. The molecule has 0 aliphatic rings. The summed E-state index contributed by atoms with van der Waals surface area (Å²) >= 11 is 0. The summed E-state index contributed by atoms with van der Waals surface area (Å²) in [5, 5.41) is 7.25. The predicted octanol–water partition coefficient (Wildman–Crippen LogP) is 5.56. The summed E-state index contributed by atoms with van der Waals surface area (Å²) in [6.45, 7) is 13.0. The standard InChI is InChI=1S/C28H36N6O4Si/c1-6-25(35)31-22-9-7-10-23(15-22)38-26-17-29-28-27(32-26)24(19-33(28)20-37-13-14-39(3,4)5)21-16-30-34(18-21)11-8-12-36-2/h6-7,9-10,15-19H,1,8,11-14,20H2,2-5H3,(H,31,35). The normalized spacial score (nSPS) is 11.6. The second-order valence-electron chi connectivity index (χ2n) is 10.4. The highest BCUT2D eigenvalue weighted by Gasteiger charge is 2.17. The number of nitrogens with one attached hydrogen (secondary N) is 1. The molecule has 0 atom stereocenters. The maximum Gasteiger partial charge on any atom is 0.247 e. The Hall–Kier alpha value is -3.80. The Balaban J connectivity index is 1.62. The zero-order valence-electron chi connectivity index (χ0n) is 23.0. The number of anilines is 1.